The highest BCUT2D eigenvalue weighted by molar-refractivity contribution is 7.92. The number of hydrogen-bond donors (Lipinski definition) is 3. The summed E-state index contributed by atoms with van der Waals surface area (Å²) >= 11 is 17.6. The number of carbonyl (C=O) groups excluding carboxylic acids is 2. The molecule has 11 heteroatoms. The Kier molecular flexibility index (Phi) is 7.07. The second-order valence-corrected chi connectivity index (χ2v) is 9.14. The van der Waals surface area contributed by atoms with Crippen molar-refractivity contribution in [1.82, 2.24) is 10.9 Å². The van der Waals surface area contributed by atoms with Crippen LogP contribution >= 0.6 is 34.8 Å². The Morgan fingerprint density at radius 2 is 1.39 bits per heavy atom. The average molecular weight is 499 g/mol. The van der Waals surface area contributed by atoms with Gasteiger partial charge in [0.1, 0.15) is 0 Å². The van der Waals surface area contributed by atoms with Crippen molar-refractivity contribution in [3.05, 3.63) is 92.9 Å². The lowest BCUT2D eigenvalue weighted by atomic mass is 10.2. The normalized spacial score (nSPS) is 10.9. The lowest BCUT2D eigenvalue weighted by Gasteiger charge is -2.11. The van der Waals surface area contributed by atoms with Gasteiger partial charge in [-0.05, 0) is 60.7 Å². The fourth-order valence-corrected chi connectivity index (χ4v) is 4.19. The zero-order valence-electron chi connectivity index (χ0n) is 15.5. The maximum absolute atomic E-state index is 12.6. The van der Waals surface area contributed by atoms with E-state index >= 15 is 0 Å². The molecule has 0 fully saturated rings. The second kappa shape index (κ2) is 9.57. The number of nitrogens with one attached hydrogen (secondary N) is 3. The number of amides is 2. The summed E-state index contributed by atoms with van der Waals surface area (Å²) < 4.78 is 27.6. The molecule has 3 N–H and O–H groups in total. The van der Waals surface area contributed by atoms with Crippen molar-refractivity contribution in [3.8, 4) is 0 Å². The highest BCUT2D eigenvalue weighted by Gasteiger charge is 2.17. The molecule has 0 aliphatic rings. The molecule has 0 spiro atoms. The molecule has 0 aromatic heterocycles. The van der Waals surface area contributed by atoms with E-state index in [0.29, 0.717) is 15.7 Å². The van der Waals surface area contributed by atoms with Crippen molar-refractivity contribution < 1.29 is 18.0 Å². The molecule has 0 saturated heterocycles. The molecule has 0 unspecified atom stereocenters. The third-order valence-electron chi connectivity index (χ3n) is 3.97. The maximum Gasteiger partial charge on any atom is 0.271 e. The molecule has 160 valence electrons. The minimum atomic E-state index is -3.96. The summed E-state index contributed by atoms with van der Waals surface area (Å²) in [6.07, 6.45) is 0. The van der Waals surface area contributed by atoms with E-state index in [2.05, 4.69) is 15.6 Å². The molecule has 3 aromatic rings. The van der Waals surface area contributed by atoms with Crippen molar-refractivity contribution in [2.24, 2.45) is 0 Å². The molecule has 0 aliphatic heterocycles. The van der Waals surface area contributed by atoms with E-state index in [1.54, 1.807) is 12.1 Å². The summed E-state index contributed by atoms with van der Waals surface area (Å²) in [5.41, 5.74) is 4.86. The first-order valence-corrected chi connectivity index (χ1v) is 11.2. The molecule has 2 amide bonds. The zero-order chi connectivity index (χ0) is 22.6. The largest absolute Gasteiger partial charge is 0.280 e. The first-order chi connectivity index (χ1) is 14.7. The Bertz CT molecular complexity index is 1250. The summed E-state index contributed by atoms with van der Waals surface area (Å²) in [5.74, 6) is -1.38. The van der Waals surface area contributed by atoms with Crippen LogP contribution < -0.4 is 15.6 Å². The van der Waals surface area contributed by atoms with E-state index in [0.717, 1.165) is 0 Å². The van der Waals surface area contributed by atoms with Gasteiger partial charge >= 0.3 is 0 Å². The zero-order valence-corrected chi connectivity index (χ0v) is 18.6. The molecule has 0 atom stereocenters. The van der Waals surface area contributed by atoms with Crippen LogP contribution in [0.1, 0.15) is 20.7 Å². The number of rotatable bonds is 5. The Morgan fingerprint density at radius 1 is 0.742 bits per heavy atom. The molecule has 31 heavy (non-hydrogen) atoms. The van der Waals surface area contributed by atoms with Gasteiger partial charge in [-0.1, -0.05) is 40.9 Å². The molecular formula is C20H14Cl3N3O4S. The third kappa shape index (κ3) is 5.89. The number of benzene rings is 3. The van der Waals surface area contributed by atoms with E-state index in [1.807, 2.05) is 0 Å². The fraction of sp³-hybridized carbons (Fsp3) is 0. The van der Waals surface area contributed by atoms with E-state index in [9.17, 15) is 18.0 Å². The summed E-state index contributed by atoms with van der Waals surface area (Å²) in [6, 6.07) is 15.7. The maximum atomic E-state index is 12.6. The quantitative estimate of drug-likeness (QED) is 0.450. The standard InChI is InChI=1S/C20H14Cl3N3O4S/c21-13-4-7-15(8-5-13)26-31(29,30)16-3-1-2-12(10-16)19(27)24-25-20(28)17-9-6-14(22)11-18(17)23/h1-11,26H,(H,24,27)(H,25,28). The molecule has 0 bridgehead atoms. The molecular weight excluding hydrogens is 485 g/mol. The van der Waals surface area contributed by atoms with E-state index in [-0.39, 0.29) is 21.0 Å². The number of halogens is 3. The van der Waals surface area contributed by atoms with Crippen molar-refractivity contribution in [3.63, 3.8) is 0 Å². The summed E-state index contributed by atoms with van der Waals surface area (Å²) in [5, 5.41) is 0.931. The van der Waals surface area contributed by atoms with Crippen molar-refractivity contribution in [2.45, 2.75) is 4.90 Å². The Balaban J connectivity index is 1.70. The molecule has 0 aliphatic carbocycles. The number of hydrogen-bond acceptors (Lipinski definition) is 4. The van der Waals surface area contributed by atoms with Gasteiger partial charge in [0.25, 0.3) is 21.8 Å². The first kappa shape index (κ1) is 22.9. The number of anilines is 1. The van der Waals surface area contributed by atoms with Gasteiger partial charge in [0.2, 0.25) is 0 Å². The van der Waals surface area contributed by atoms with Crippen LogP contribution in [-0.2, 0) is 10.0 Å². The lowest BCUT2D eigenvalue weighted by molar-refractivity contribution is 0.0846. The predicted molar refractivity (Wildman–Crippen MR) is 120 cm³/mol. The SMILES string of the molecule is O=C(NNC(=O)c1ccc(Cl)cc1Cl)c1cccc(S(=O)(=O)Nc2ccc(Cl)cc2)c1. The van der Waals surface area contributed by atoms with Crippen LogP contribution in [0.25, 0.3) is 0 Å². The van der Waals surface area contributed by atoms with E-state index < -0.39 is 21.8 Å². The van der Waals surface area contributed by atoms with Crippen LogP contribution in [0.3, 0.4) is 0 Å². The van der Waals surface area contributed by atoms with Gasteiger partial charge in [0, 0.05) is 21.3 Å². The van der Waals surface area contributed by atoms with Crippen LogP contribution in [0.4, 0.5) is 5.69 Å². The van der Waals surface area contributed by atoms with Crippen LogP contribution in [0.2, 0.25) is 15.1 Å². The Hall–Kier alpha value is -2.78. The van der Waals surface area contributed by atoms with Gasteiger partial charge in [-0.3, -0.25) is 25.2 Å². The minimum absolute atomic E-state index is 0.0153. The molecule has 3 rings (SSSR count). The summed E-state index contributed by atoms with van der Waals surface area (Å²) in [6.45, 7) is 0. The Labute approximate surface area is 193 Å². The van der Waals surface area contributed by atoms with Gasteiger partial charge in [-0.25, -0.2) is 8.42 Å². The molecule has 3 aromatic carbocycles. The van der Waals surface area contributed by atoms with Crippen LogP contribution in [-0.4, -0.2) is 20.2 Å². The summed E-state index contributed by atoms with van der Waals surface area (Å²) in [4.78, 5) is 24.4. The van der Waals surface area contributed by atoms with Crippen molar-refractivity contribution in [2.75, 3.05) is 4.72 Å². The summed E-state index contributed by atoms with van der Waals surface area (Å²) in [7, 11) is -3.96. The van der Waals surface area contributed by atoms with Gasteiger partial charge in [-0.2, -0.15) is 0 Å². The van der Waals surface area contributed by atoms with Crippen LogP contribution in [0, 0.1) is 0 Å². The van der Waals surface area contributed by atoms with Gasteiger partial charge in [0.15, 0.2) is 0 Å². The van der Waals surface area contributed by atoms with Crippen molar-refractivity contribution >= 4 is 62.3 Å². The third-order valence-corrected chi connectivity index (χ3v) is 6.15. The van der Waals surface area contributed by atoms with E-state index in [4.69, 9.17) is 34.8 Å². The van der Waals surface area contributed by atoms with Gasteiger partial charge in [0.05, 0.1) is 15.5 Å². The lowest BCUT2D eigenvalue weighted by Crippen LogP contribution is -2.41. The van der Waals surface area contributed by atoms with Gasteiger partial charge in [-0.15, -0.1) is 0 Å². The van der Waals surface area contributed by atoms with Crippen LogP contribution in [0.5, 0.6) is 0 Å². The number of sulfonamides is 1. The van der Waals surface area contributed by atoms with Gasteiger partial charge < -0.3 is 0 Å². The van der Waals surface area contributed by atoms with Crippen molar-refractivity contribution in [1.29, 1.82) is 0 Å². The highest BCUT2D eigenvalue weighted by atomic mass is 35.5. The molecule has 0 heterocycles. The number of hydrazine groups is 1. The minimum Gasteiger partial charge on any atom is -0.280 e. The molecule has 7 nitrogen and oxygen atoms in total. The average Bonchev–Trinajstić information content (AvgIpc) is 2.73. The second-order valence-electron chi connectivity index (χ2n) is 6.17. The smallest absolute Gasteiger partial charge is 0.271 e. The van der Waals surface area contributed by atoms with Crippen LogP contribution in [0.15, 0.2) is 71.6 Å². The Morgan fingerprint density at radius 3 is 2.06 bits per heavy atom. The molecule has 0 saturated carbocycles. The first-order valence-electron chi connectivity index (χ1n) is 8.60. The highest BCUT2D eigenvalue weighted by Crippen LogP contribution is 2.21. The monoisotopic (exact) mass is 497 g/mol. The molecule has 0 radical (unpaired) electrons. The topological polar surface area (TPSA) is 104 Å². The predicted octanol–water partition coefficient (Wildman–Crippen LogP) is 4.52. The fourth-order valence-electron chi connectivity index (χ4n) is 2.46. The van der Waals surface area contributed by atoms with E-state index in [1.165, 1.54) is 54.6 Å². The number of carbonyl (C=O) groups is 2.